The fourth-order valence-electron chi connectivity index (χ4n) is 2.62. The lowest BCUT2D eigenvalue weighted by atomic mass is 9.95. The van der Waals surface area contributed by atoms with Gasteiger partial charge < -0.3 is 14.8 Å². The van der Waals surface area contributed by atoms with Crippen molar-refractivity contribution in [2.45, 2.75) is 69.9 Å². The normalized spacial score (nSPS) is 19.9. The number of carbonyl (C=O) groups is 1. The lowest BCUT2D eigenvalue weighted by molar-refractivity contribution is -0.148. The van der Waals surface area contributed by atoms with Gasteiger partial charge in [-0.2, -0.15) is 0 Å². The van der Waals surface area contributed by atoms with Gasteiger partial charge in [-0.25, -0.2) is 0 Å². The lowest BCUT2D eigenvalue weighted by Gasteiger charge is -2.26. The van der Waals surface area contributed by atoms with E-state index in [9.17, 15) is 4.79 Å². The number of nitrogens with one attached hydrogen (secondary N) is 1. The maximum Gasteiger partial charge on any atom is 0.325 e. The smallest absolute Gasteiger partial charge is 0.325 e. The van der Waals surface area contributed by atoms with Crippen LogP contribution in [0.5, 0.6) is 0 Å². The fourth-order valence-corrected chi connectivity index (χ4v) is 2.62. The highest BCUT2D eigenvalue weighted by molar-refractivity contribution is 5.80. The van der Waals surface area contributed by atoms with E-state index < -0.39 is 5.54 Å². The molecule has 4 nitrogen and oxygen atoms in total. The van der Waals surface area contributed by atoms with Gasteiger partial charge in [0.25, 0.3) is 0 Å². The molecule has 1 aliphatic rings. The second-order valence-electron chi connectivity index (χ2n) is 5.66. The molecule has 1 aliphatic carbocycles. The molecule has 19 heavy (non-hydrogen) atoms. The fraction of sp³-hybridized carbons (Fsp3) is 0.933. The van der Waals surface area contributed by atoms with Crippen molar-refractivity contribution in [1.82, 2.24) is 5.32 Å². The Morgan fingerprint density at radius 3 is 2.53 bits per heavy atom. The van der Waals surface area contributed by atoms with Gasteiger partial charge in [0.05, 0.1) is 13.2 Å². The van der Waals surface area contributed by atoms with Gasteiger partial charge >= 0.3 is 5.97 Å². The molecule has 1 saturated carbocycles. The van der Waals surface area contributed by atoms with Gasteiger partial charge in [-0.05, 0) is 46.1 Å². The second kappa shape index (κ2) is 8.54. The third-order valence-electron chi connectivity index (χ3n) is 4.16. The van der Waals surface area contributed by atoms with E-state index in [1.165, 1.54) is 39.2 Å². The van der Waals surface area contributed by atoms with Crippen molar-refractivity contribution in [3.05, 3.63) is 0 Å². The highest BCUT2D eigenvalue weighted by atomic mass is 16.5. The third kappa shape index (κ3) is 5.49. The molecule has 0 aromatic rings. The van der Waals surface area contributed by atoms with Crippen molar-refractivity contribution >= 4 is 5.97 Å². The summed E-state index contributed by atoms with van der Waals surface area (Å²) < 4.78 is 10.7. The molecule has 4 heteroatoms. The number of methoxy groups -OCH3 is 1. The first kappa shape index (κ1) is 16.4. The summed E-state index contributed by atoms with van der Waals surface area (Å²) in [5.41, 5.74) is -0.570. The average Bonchev–Trinajstić information content (AvgIpc) is 2.46. The van der Waals surface area contributed by atoms with E-state index in [0.29, 0.717) is 6.10 Å². The number of hydrogen-bond donors (Lipinski definition) is 1. The molecule has 1 rings (SSSR count). The first-order chi connectivity index (χ1) is 9.12. The van der Waals surface area contributed by atoms with E-state index in [1.54, 1.807) is 7.05 Å². The summed E-state index contributed by atoms with van der Waals surface area (Å²) in [6.45, 7) is 2.70. The van der Waals surface area contributed by atoms with Gasteiger partial charge in [-0.1, -0.05) is 19.3 Å². The van der Waals surface area contributed by atoms with Crippen LogP contribution in [0.3, 0.4) is 0 Å². The summed E-state index contributed by atoms with van der Waals surface area (Å²) >= 11 is 0. The molecule has 112 valence electrons. The van der Waals surface area contributed by atoms with Crippen molar-refractivity contribution < 1.29 is 14.3 Å². The predicted octanol–water partition coefficient (Wildman–Crippen LogP) is 2.66. The Labute approximate surface area is 117 Å². The Hall–Kier alpha value is -0.610. The van der Waals surface area contributed by atoms with Crippen molar-refractivity contribution in [3.63, 3.8) is 0 Å². The Bertz CT molecular complexity index is 264. The molecule has 0 aromatic heterocycles. The number of carbonyl (C=O) groups excluding carboxylic acids is 1. The van der Waals surface area contributed by atoms with Gasteiger partial charge in [0, 0.05) is 6.61 Å². The van der Waals surface area contributed by atoms with Crippen LogP contribution in [0.15, 0.2) is 0 Å². The maximum absolute atomic E-state index is 11.7. The van der Waals surface area contributed by atoms with Crippen molar-refractivity contribution in [1.29, 1.82) is 0 Å². The summed E-state index contributed by atoms with van der Waals surface area (Å²) in [5.74, 6) is -0.191. The quantitative estimate of drug-likeness (QED) is 0.544. The van der Waals surface area contributed by atoms with Crippen LogP contribution in [-0.4, -0.2) is 38.4 Å². The van der Waals surface area contributed by atoms with E-state index in [-0.39, 0.29) is 5.97 Å². The molecular formula is C15H29NO3. The first-order valence-electron chi connectivity index (χ1n) is 7.51. The monoisotopic (exact) mass is 271 g/mol. The molecule has 1 N–H and O–H groups in total. The summed E-state index contributed by atoms with van der Waals surface area (Å²) in [4.78, 5) is 11.7. The topological polar surface area (TPSA) is 47.6 Å². The van der Waals surface area contributed by atoms with E-state index >= 15 is 0 Å². The molecule has 1 fully saturated rings. The number of esters is 1. The van der Waals surface area contributed by atoms with Crippen LogP contribution >= 0.6 is 0 Å². The first-order valence-corrected chi connectivity index (χ1v) is 7.51. The minimum Gasteiger partial charge on any atom is -0.468 e. The van der Waals surface area contributed by atoms with Crippen LogP contribution in [0.2, 0.25) is 0 Å². The number of unbranched alkanes of at least 4 members (excludes halogenated alkanes) is 1. The van der Waals surface area contributed by atoms with Crippen molar-refractivity contribution in [3.8, 4) is 0 Å². The van der Waals surface area contributed by atoms with Gasteiger partial charge in [0.2, 0.25) is 0 Å². The van der Waals surface area contributed by atoms with Crippen LogP contribution in [-0.2, 0) is 14.3 Å². The molecule has 0 heterocycles. The third-order valence-corrected chi connectivity index (χ3v) is 4.16. The van der Waals surface area contributed by atoms with E-state index in [2.05, 4.69) is 5.32 Å². The zero-order valence-corrected chi connectivity index (χ0v) is 12.7. The average molecular weight is 271 g/mol. The van der Waals surface area contributed by atoms with E-state index in [0.717, 1.165) is 25.9 Å². The predicted molar refractivity (Wildman–Crippen MR) is 76.2 cm³/mol. The second-order valence-corrected chi connectivity index (χ2v) is 5.66. The zero-order chi connectivity index (χ0) is 14.1. The van der Waals surface area contributed by atoms with Crippen LogP contribution in [0.1, 0.15) is 58.3 Å². The Kier molecular flexibility index (Phi) is 7.39. The Morgan fingerprint density at radius 1 is 1.26 bits per heavy atom. The molecule has 1 unspecified atom stereocenters. The number of likely N-dealkylation sites (N-methyl/N-ethyl adjacent to an activating group) is 1. The molecule has 0 spiro atoms. The highest BCUT2D eigenvalue weighted by Crippen LogP contribution is 2.21. The zero-order valence-electron chi connectivity index (χ0n) is 12.7. The van der Waals surface area contributed by atoms with Gasteiger partial charge in [-0.3, -0.25) is 4.79 Å². The van der Waals surface area contributed by atoms with Crippen molar-refractivity contribution in [2.75, 3.05) is 20.8 Å². The SMILES string of the molecule is CNC(C)(CCCCOC1CCCCC1)C(=O)OC. The largest absolute Gasteiger partial charge is 0.468 e. The highest BCUT2D eigenvalue weighted by Gasteiger charge is 2.31. The summed E-state index contributed by atoms with van der Waals surface area (Å²) in [6, 6.07) is 0. The minimum atomic E-state index is -0.570. The summed E-state index contributed by atoms with van der Waals surface area (Å²) in [7, 11) is 3.24. The summed E-state index contributed by atoms with van der Waals surface area (Å²) in [6.07, 6.45) is 9.65. The molecule has 0 aliphatic heterocycles. The standard InChI is InChI=1S/C15H29NO3/c1-15(16-2,14(17)18-3)11-7-8-12-19-13-9-5-4-6-10-13/h13,16H,4-12H2,1-3H3. The minimum absolute atomic E-state index is 0.191. The number of ether oxygens (including phenoxy) is 2. The van der Waals surface area contributed by atoms with Crippen LogP contribution in [0.25, 0.3) is 0 Å². The Balaban J connectivity index is 2.13. The summed E-state index contributed by atoms with van der Waals surface area (Å²) in [5, 5.41) is 3.05. The van der Waals surface area contributed by atoms with Gasteiger partial charge in [0.15, 0.2) is 0 Å². The number of rotatable bonds is 8. The lowest BCUT2D eigenvalue weighted by Crippen LogP contribution is -2.48. The van der Waals surface area contributed by atoms with Crippen molar-refractivity contribution in [2.24, 2.45) is 0 Å². The molecular weight excluding hydrogens is 242 g/mol. The molecule has 0 radical (unpaired) electrons. The molecule has 0 aromatic carbocycles. The van der Waals surface area contributed by atoms with Crippen LogP contribution in [0, 0.1) is 0 Å². The van der Waals surface area contributed by atoms with Gasteiger partial charge in [-0.15, -0.1) is 0 Å². The molecule has 0 saturated heterocycles. The maximum atomic E-state index is 11.7. The van der Waals surface area contributed by atoms with Crippen LogP contribution < -0.4 is 5.32 Å². The van der Waals surface area contributed by atoms with Gasteiger partial charge in [0.1, 0.15) is 5.54 Å². The number of hydrogen-bond acceptors (Lipinski definition) is 4. The molecule has 0 bridgehead atoms. The Morgan fingerprint density at radius 2 is 1.95 bits per heavy atom. The molecule has 1 atom stereocenters. The van der Waals surface area contributed by atoms with Crippen LogP contribution in [0.4, 0.5) is 0 Å². The van der Waals surface area contributed by atoms with E-state index in [1.807, 2.05) is 6.92 Å². The van der Waals surface area contributed by atoms with E-state index in [4.69, 9.17) is 9.47 Å². The molecule has 0 amide bonds.